The lowest BCUT2D eigenvalue weighted by atomic mass is 10.3. The number of nitrogens with one attached hydrogen (secondary N) is 1. The third-order valence-electron chi connectivity index (χ3n) is 5.10. The zero-order chi connectivity index (χ0) is 22.9. The summed E-state index contributed by atoms with van der Waals surface area (Å²) in [6.45, 7) is 5.20. The van der Waals surface area contributed by atoms with Crippen LogP contribution in [0.15, 0.2) is 34.0 Å². The van der Waals surface area contributed by atoms with Gasteiger partial charge >= 0.3 is 6.01 Å². The van der Waals surface area contributed by atoms with Crippen LogP contribution in [0, 0.1) is 11.8 Å². The van der Waals surface area contributed by atoms with Crippen LogP contribution in [-0.4, -0.2) is 53.7 Å². The summed E-state index contributed by atoms with van der Waals surface area (Å²) >= 11 is 0. The molecule has 168 valence electrons. The van der Waals surface area contributed by atoms with Crippen LogP contribution < -0.4 is 25.7 Å². The van der Waals surface area contributed by atoms with Crippen molar-refractivity contribution in [2.24, 2.45) is 12.2 Å². The van der Waals surface area contributed by atoms with E-state index in [1.165, 1.54) is 28.8 Å². The van der Waals surface area contributed by atoms with Gasteiger partial charge in [-0.15, -0.1) is 5.92 Å². The van der Waals surface area contributed by atoms with E-state index in [2.05, 4.69) is 32.0 Å². The summed E-state index contributed by atoms with van der Waals surface area (Å²) in [7, 11) is -2.26. The van der Waals surface area contributed by atoms with E-state index in [9.17, 15) is 13.2 Å². The summed E-state index contributed by atoms with van der Waals surface area (Å²) in [5.41, 5.74) is 0.286. The van der Waals surface area contributed by atoms with Gasteiger partial charge in [0.15, 0.2) is 11.2 Å². The molecule has 0 bridgehead atoms. The zero-order valence-corrected chi connectivity index (χ0v) is 18.5. The molecule has 32 heavy (non-hydrogen) atoms. The second kappa shape index (κ2) is 8.62. The molecular weight excluding hydrogens is 434 g/mol. The number of nitrogens with two attached hydrogens (primary N) is 1. The standard InChI is InChI=1S/C20H23N7O4S/c1-3-4-11-27-16-17(23-19(27)26-12-9-22-10-13-26)24-20(25(2)18(16)28)31-14-5-7-15(8-6-14)32(21,29)30/h5-8,22H,9-13H2,1-2H3,(H2,21,29,30). The van der Waals surface area contributed by atoms with E-state index < -0.39 is 10.0 Å². The number of piperazine rings is 1. The quantitative estimate of drug-likeness (QED) is 0.511. The van der Waals surface area contributed by atoms with Crippen molar-refractivity contribution in [2.75, 3.05) is 31.1 Å². The summed E-state index contributed by atoms with van der Waals surface area (Å²) in [6.07, 6.45) is 0. The number of imidazole rings is 1. The lowest BCUT2D eigenvalue weighted by Crippen LogP contribution is -2.44. The fraction of sp³-hybridized carbons (Fsp3) is 0.350. The molecule has 2 aromatic heterocycles. The minimum atomic E-state index is -3.82. The number of aromatic nitrogens is 4. The Kier molecular flexibility index (Phi) is 5.88. The predicted octanol–water partition coefficient (Wildman–Crippen LogP) is 0.00260. The average Bonchev–Trinajstić information content (AvgIpc) is 3.14. The number of ether oxygens (including phenoxy) is 1. The molecule has 1 aliphatic rings. The van der Waals surface area contributed by atoms with Gasteiger partial charge in [0.25, 0.3) is 5.56 Å². The van der Waals surface area contributed by atoms with Gasteiger partial charge in [0, 0.05) is 33.2 Å². The van der Waals surface area contributed by atoms with Crippen molar-refractivity contribution in [2.45, 2.75) is 18.4 Å². The first-order chi connectivity index (χ1) is 15.3. The largest absolute Gasteiger partial charge is 0.425 e. The topological polar surface area (TPSA) is 137 Å². The molecule has 12 heteroatoms. The molecular formula is C20H23N7O4S. The molecule has 1 saturated heterocycles. The molecule has 0 radical (unpaired) electrons. The first-order valence-corrected chi connectivity index (χ1v) is 11.5. The number of fused-ring (bicyclic) bond motifs is 1. The third-order valence-corrected chi connectivity index (χ3v) is 6.03. The number of sulfonamides is 1. The molecule has 0 amide bonds. The molecule has 4 rings (SSSR count). The fourth-order valence-electron chi connectivity index (χ4n) is 3.44. The third kappa shape index (κ3) is 4.18. The Morgan fingerprint density at radius 3 is 2.50 bits per heavy atom. The molecule has 1 aliphatic heterocycles. The number of hydrogen-bond donors (Lipinski definition) is 2. The highest BCUT2D eigenvalue weighted by Gasteiger charge is 2.23. The monoisotopic (exact) mass is 457 g/mol. The van der Waals surface area contributed by atoms with E-state index in [0.717, 1.165) is 26.2 Å². The second-order valence-electron chi connectivity index (χ2n) is 7.21. The van der Waals surface area contributed by atoms with Crippen molar-refractivity contribution < 1.29 is 13.2 Å². The van der Waals surface area contributed by atoms with Crippen LogP contribution in [0.2, 0.25) is 0 Å². The van der Waals surface area contributed by atoms with Gasteiger partial charge in [-0.1, -0.05) is 5.92 Å². The maximum atomic E-state index is 13.2. The molecule has 3 heterocycles. The Morgan fingerprint density at radius 2 is 1.88 bits per heavy atom. The number of primary sulfonamides is 1. The number of rotatable bonds is 5. The smallest absolute Gasteiger partial charge is 0.306 e. The van der Waals surface area contributed by atoms with Gasteiger partial charge in [-0.3, -0.25) is 13.9 Å². The molecule has 1 aromatic carbocycles. The van der Waals surface area contributed by atoms with E-state index in [1.807, 2.05) is 0 Å². The van der Waals surface area contributed by atoms with E-state index in [4.69, 9.17) is 9.88 Å². The Morgan fingerprint density at radius 1 is 1.19 bits per heavy atom. The van der Waals surface area contributed by atoms with Crippen molar-refractivity contribution >= 4 is 27.1 Å². The number of hydrogen-bond acceptors (Lipinski definition) is 8. The van der Waals surface area contributed by atoms with Gasteiger partial charge < -0.3 is 15.0 Å². The van der Waals surface area contributed by atoms with E-state index in [0.29, 0.717) is 23.8 Å². The van der Waals surface area contributed by atoms with E-state index in [1.54, 1.807) is 18.5 Å². The Labute approximate surface area is 184 Å². The van der Waals surface area contributed by atoms with Gasteiger partial charge in [-0.05, 0) is 31.2 Å². The molecule has 11 nitrogen and oxygen atoms in total. The molecule has 0 unspecified atom stereocenters. The van der Waals surface area contributed by atoms with Crippen LogP contribution in [0.25, 0.3) is 11.2 Å². The first-order valence-electron chi connectivity index (χ1n) is 9.93. The average molecular weight is 458 g/mol. The van der Waals surface area contributed by atoms with Crippen molar-refractivity contribution in [3.63, 3.8) is 0 Å². The maximum absolute atomic E-state index is 13.2. The molecule has 0 spiro atoms. The second-order valence-corrected chi connectivity index (χ2v) is 8.77. The van der Waals surface area contributed by atoms with Crippen LogP contribution >= 0.6 is 0 Å². The van der Waals surface area contributed by atoms with Crippen LogP contribution in [0.4, 0.5) is 5.95 Å². The van der Waals surface area contributed by atoms with Gasteiger partial charge in [0.2, 0.25) is 16.0 Å². The number of nitrogens with zero attached hydrogens (tertiary/aromatic N) is 5. The van der Waals surface area contributed by atoms with Crippen LogP contribution in [0.3, 0.4) is 0 Å². The molecule has 0 aliphatic carbocycles. The SMILES string of the molecule is CC#CCn1c(N2CCNCC2)nc2nc(Oc3ccc(S(N)(=O)=O)cc3)n(C)c(=O)c21. The predicted molar refractivity (Wildman–Crippen MR) is 119 cm³/mol. The van der Waals surface area contributed by atoms with Crippen molar-refractivity contribution in [3.8, 4) is 23.6 Å². The Bertz CT molecular complexity index is 1380. The van der Waals surface area contributed by atoms with Crippen LogP contribution in [0.1, 0.15) is 6.92 Å². The molecule has 0 saturated carbocycles. The number of anilines is 1. The first kappa shape index (κ1) is 21.8. The van der Waals surface area contributed by atoms with E-state index in [-0.39, 0.29) is 22.1 Å². The van der Waals surface area contributed by atoms with Crippen LogP contribution in [-0.2, 0) is 23.6 Å². The maximum Gasteiger partial charge on any atom is 0.306 e. The summed E-state index contributed by atoms with van der Waals surface area (Å²) in [4.78, 5) is 24.4. The highest BCUT2D eigenvalue weighted by atomic mass is 32.2. The van der Waals surface area contributed by atoms with Crippen molar-refractivity contribution in [1.82, 2.24) is 24.4 Å². The highest BCUT2D eigenvalue weighted by molar-refractivity contribution is 7.89. The van der Waals surface area contributed by atoms with Crippen molar-refractivity contribution in [1.29, 1.82) is 0 Å². The minimum absolute atomic E-state index is 0.0314. The number of benzene rings is 1. The summed E-state index contributed by atoms with van der Waals surface area (Å²) < 4.78 is 31.7. The molecule has 1 fully saturated rings. The Hall–Kier alpha value is -3.40. The minimum Gasteiger partial charge on any atom is -0.425 e. The fourth-order valence-corrected chi connectivity index (χ4v) is 3.95. The lowest BCUT2D eigenvalue weighted by molar-refractivity contribution is 0.415. The van der Waals surface area contributed by atoms with Gasteiger partial charge in [0.1, 0.15) is 5.75 Å². The summed E-state index contributed by atoms with van der Waals surface area (Å²) in [5.74, 6) is 6.81. The van der Waals surface area contributed by atoms with Crippen LogP contribution in [0.5, 0.6) is 11.8 Å². The zero-order valence-electron chi connectivity index (χ0n) is 17.7. The Balaban J connectivity index is 1.77. The van der Waals surface area contributed by atoms with Gasteiger partial charge in [0.05, 0.1) is 11.4 Å². The highest BCUT2D eigenvalue weighted by Crippen LogP contribution is 2.24. The lowest BCUT2D eigenvalue weighted by Gasteiger charge is -2.28. The molecule has 3 aromatic rings. The van der Waals surface area contributed by atoms with Gasteiger partial charge in [-0.2, -0.15) is 9.97 Å². The van der Waals surface area contributed by atoms with Gasteiger partial charge in [-0.25, -0.2) is 13.6 Å². The normalized spacial score (nSPS) is 14.3. The van der Waals surface area contributed by atoms with Crippen molar-refractivity contribution in [3.05, 3.63) is 34.6 Å². The van der Waals surface area contributed by atoms with E-state index >= 15 is 0 Å². The molecule has 3 N–H and O–H groups in total. The summed E-state index contributed by atoms with van der Waals surface area (Å²) in [5, 5.41) is 8.42. The summed E-state index contributed by atoms with van der Waals surface area (Å²) in [6, 6.07) is 5.56. The molecule has 0 atom stereocenters.